The molecule has 1 aromatic rings. The Morgan fingerprint density at radius 1 is 1.33 bits per heavy atom. The zero-order chi connectivity index (χ0) is 10.6. The second-order valence-electron chi connectivity index (χ2n) is 5.17. The number of benzene rings is 1. The average molecular weight is 201 g/mol. The molecule has 1 heteroatoms. The molecule has 2 fully saturated rings. The van der Waals surface area contributed by atoms with Crippen LogP contribution < -0.4 is 5.73 Å². The molecule has 4 rings (SSSR count). The van der Waals surface area contributed by atoms with Gasteiger partial charge in [-0.3, -0.25) is 0 Å². The molecule has 3 aliphatic carbocycles. The molecule has 0 radical (unpaired) electrons. The van der Waals surface area contributed by atoms with Gasteiger partial charge in [0.1, 0.15) is 0 Å². The third-order valence-corrected chi connectivity index (χ3v) is 4.12. The van der Waals surface area contributed by atoms with E-state index in [4.69, 9.17) is 5.73 Å². The lowest BCUT2D eigenvalue weighted by Crippen LogP contribution is -2.16. The maximum atomic E-state index is 5.97. The summed E-state index contributed by atoms with van der Waals surface area (Å²) in [4.78, 5) is 0. The van der Waals surface area contributed by atoms with Gasteiger partial charge in [-0.1, -0.05) is 32.4 Å². The summed E-state index contributed by atoms with van der Waals surface area (Å²) in [5.74, 6) is 3.86. The van der Waals surface area contributed by atoms with E-state index in [0.29, 0.717) is 0 Å². The Morgan fingerprint density at radius 3 is 2.73 bits per heavy atom. The standard InChI is InChI=1S/C11H11N.C3H8/c12-8-3-1-2-5-9(8)6-4-7-10(5)11(6)7;1-3-2/h1-3,6-7,10-11H,4,12H2;3H2,1-2H3. The first kappa shape index (κ1) is 9.26. The molecule has 0 amide bonds. The molecule has 0 aromatic heterocycles. The van der Waals surface area contributed by atoms with E-state index in [0.717, 1.165) is 29.4 Å². The lowest BCUT2D eigenvalue weighted by atomic mass is 9.78. The van der Waals surface area contributed by atoms with Crippen molar-refractivity contribution in [3.8, 4) is 0 Å². The van der Waals surface area contributed by atoms with E-state index in [1.807, 2.05) is 0 Å². The number of fused-ring (bicyclic) bond motifs is 4. The Kier molecular flexibility index (Phi) is 1.86. The second kappa shape index (κ2) is 3.01. The second-order valence-corrected chi connectivity index (χ2v) is 5.17. The quantitative estimate of drug-likeness (QED) is 0.639. The minimum Gasteiger partial charge on any atom is -0.398 e. The van der Waals surface area contributed by atoms with Gasteiger partial charge in [0, 0.05) is 5.69 Å². The zero-order valence-corrected chi connectivity index (χ0v) is 9.53. The summed E-state index contributed by atoms with van der Waals surface area (Å²) in [7, 11) is 0. The summed E-state index contributed by atoms with van der Waals surface area (Å²) < 4.78 is 0. The smallest absolute Gasteiger partial charge is 0.0352 e. The molecule has 2 saturated carbocycles. The van der Waals surface area contributed by atoms with Crippen LogP contribution in [0.3, 0.4) is 0 Å². The first-order chi connectivity index (χ1) is 7.29. The number of hydrogen-bond donors (Lipinski definition) is 1. The van der Waals surface area contributed by atoms with Crippen LogP contribution in [-0.4, -0.2) is 0 Å². The highest BCUT2D eigenvalue weighted by atomic mass is 14.7. The molecule has 0 bridgehead atoms. The van der Waals surface area contributed by atoms with E-state index in [1.54, 1.807) is 5.56 Å². The van der Waals surface area contributed by atoms with E-state index in [-0.39, 0.29) is 0 Å². The molecule has 80 valence electrons. The highest BCUT2D eigenvalue weighted by Gasteiger charge is 2.68. The zero-order valence-electron chi connectivity index (χ0n) is 9.53. The Hall–Kier alpha value is -0.980. The van der Waals surface area contributed by atoms with E-state index in [2.05, 4.69) is 32.0 Å². The molecule has 0 saturated heterocycles. The number of nitrogens with two attached hydrogens (primary N) is 1. The van der Waals surface area contributed by atoms with Crippen molar-refractivity contribution >= 4 is 5.69 Å². The molecule has 4 unspecified atom stereocenters. The molecule has 0 spiro atoms. The van der Waals surface area contributed by atoms with Crippen LogP contribution in [0.15, 0.2) is 18.2 Å². The van der Waals surface area contributed by atoms with Crippen LogP contribution >= 0.6 is 0 Å². The average Bonchev–Trinajstić information content (AvgIpc) is 2.67. The van der Waals surface area contributed by atoms with Crippen molar-refractivity contribution in [2.24, 2.45) is 11.8 Å². The van der Waals surface area contributed by atoms with Crippen LogP contribution in [0, 0.1) is 11.8 Å². The Bertz CT molecular complexity index is 396. The summed E-state index contributed by atoms with van der Waals surface area (Å²) in [6.07, 6.45) is 2.68. The van der Waals surface area contributed by atoms with Crippen molar-refractivity contribution in [3.05, 3.63) is 29.3 Å². The van der Waals surface area contributed by atoms with Gasteiger partial charge in [0.05, 0.1) is 0 Å². The molecule has 0 heterocycles. The number of nitrogen functional groups attached to an aromatic ring is 1. The molecule has 4 atom stereocenters. The highest BCUT2D eigenvalue weighted by molar-refractivity contribution is 5.63. The van der Waals surface area contributed by atoms with Crippen LogP contribution in [0.1, 0.15) is 49.7 Å². The predicted octanol–water partition coefficient (Wildman–Crippen LogP) is 3.52. The third-order valence-electron chi connectivity index (χ3n) is 4.12. The number of anilines is 1. The van der Waals surface area contributed by atoms with Gasteiger partial charge < -0.3 is 5.73 Å². The first-order valence-electron chi connectivity index (χ1n) is 6.17. The predicted molar refractivity (Wildman–Crippen MR) is 63.9 cm³/mol. The molecular formula is C14H19N. The fourth-order valence-corrected chi connectivity index (χ4v) is 3.58. The van der Waals surface area contributed by atoms with Crippen LogP contribution in [0.4, 0.5) is 5.69 Å². The van der Waals surface area contributed by atoms with Gasteiger partial charge in [-0.25, -0.2) is 0 Å². The van der Waals surface area contributed by atoms with Crippen LogP contribution in [-0.2, 0) is 0 Å². The van der Waals surface area contributed by atoms with Crippen molar-refractivity contribution in [1.82, 2.24) is 0 Å². The topological polar surface area (TPSA) is 26.0 Å². The summed E-state index contributed by atoms with van der Waals surface area (Å²) in [6, 6.07) is 6.44. The lowest BCUT2D eigenvalue weighted by Gasteiger charge is -2.27. The Labute approximate surface area is 91.7 Å². The van der Waals surface area contributed by atoms with Crippen molar-refractivity contribution in [1.29, 1.82) is 0 Å². The maximum Gasteiger partial charge on any atom is 0.0352 e. The van der Waals surface area contributed by atoms with Gasteiger partial charge in [-0.05, 0) is 47.3 Å². The van der Waals surface area contributed by atoms with Gasteiger partial charge >= 0.3 is 0 Å². The van der Waals surface area contributed by atoms with Gasteiger partial charge in [0.15, 0.2) is 0 Å². The molecular weight excluding hydrogens is 182 g/mol. The molecule has 2 N–H and O–H groups in total. The van der Waals surface area contributed by atoms with Gasteiger partial charge in [-0.2, -0.15) is 0 Å². The monoisotopic (exact) mass is 201 g/mol. The summed E-state index contributed by atoms with van der Waals surface area (Å²) in [5.41, 5.74) is 10.1. The summed E-state index contributed by atoms with van der Waals surface area (Å²) in [6.45, 7) is 4.25. The third kappa shape index (κ3) is 1.04. The fraction of sp³-hybridized carbons (Fsp3) is 0.571. The van der Waals surface area contributed by atoms with Gasteiger partial charge in [0.2, 0.25) is 0 Å². The van der Waals surface area contributed by atoms with Crippen molar-refractivity contribution in [2.45, 2.75) is 38.5 Å². The van der Waals surface area contributed by atoms with Crippen molar-refractivity contribution in [3.63, 3.8) is 0 Å². The minimum absolute atomic E-state index is 0.858. The van der Waals surface area contributed by atoms with Gasteiger partial charge in [-0.15, -0.1) is 0 Å². The Balaban J connectivity index is 0.000000220. The van der Waals surface area contributed by atoms with E-state index >= 15 is 0 Å². The maximum absolute atomic E-state index is 5.97. The van der Waals surface area contributed by atoms with Gasteiger partial charge in [0.25, 0.3) is 0 Å². The lowest BCUT2D eigenvalue weighted by molar-refractivity contribution is 0.389. The fourth-order valence-electron chi connectivity index (χ4n) is 3.58. The molecule has 3 aliphatic rings. The number of hydrogen-bond acceptors (Lipinski definition) is 1. The van der Waals surface area contributed by atoms with Crippen LogP contribution in [0.2, 0.25) is 0 Å². The van der Waals surface area contributed by atoms with Crippen LogP contribution in [0.5, 0.6) is 0 Å². The normalized spacial score (nSPS) is 36.9. The first-order valence-corrected chi connectivity index (χ1v) is 6.17. The molecule has 15 heavy (non-hydrogen) atoms. The minimum atomic E-state index is 0.858. The van der Waals surface area contributed by atoms with Crippen molar-refractivity contribution < 1.29 is 0 Å². The van der Waals surface area contributed by atoms with E-state index in [1.165, 1.54) is 18.4 Å². The largest absolute Gasteiger partial charge is 0.398 e. The van der Waals surface area contributed by atoms with Crippen LogP contribution in [0.25, 0.3) is 0 Å². The van der Waals surface area contributed by atoms with E-state index in [9.17, 15) is 0 Å². The SMILES string of the molecule is CCC.Nc1cccc2c1C1CC3C2C13. The number of rotatable bonds is 0. The van der Waals surface area contributed by atoms with E-state index < -0.39 is 0 Å². The summed E-state index contributed by atoms with van der Waals surface area (Å²) in [5, 5.41) is 0. The highest BCUT2D eigenvalue weighted by Crippen LogP contribution is 2.79. The van der Waals surface area contributed by atoms with Crippen molar-refractivity contribution in [2.75, 3.05) is 5.73 Å². The Morgan fingerprint density at radius 2 is 2.07 bits per heavy atom. The summed E-state index contributed by atoms with van der Waals surface area (Å²) >= 11 is 0. The molecule has 1 aromatic carbocycles. The molecule has 1 nitrogen and oxygen atoms in total. The molecule has 0 aliphatic heterocycles.